The number of carbonyl (C=O) groups excluding carboxylic acids is 1. The van der Waals surface area contributed by atoms with Gasteiger partial charge in [-0.15, -0.1) is 0 Å². The average Bonchev–Trinajstić information content (AvgIpc) is 2.22. The highest BCUT2D eigenvalue weighted by molar-refractivity contribution is 5.87. The van der Waals surface area contributed by atoms with Crippen LogP contribution in [0.3, 0.4) is 0 Å². The summed E-state index contributed by atoms with van der Waals surface area (Å²) < 4.78 is 0. The van der Waals surface area contributed by atoms with E-state index < -0.39 is 0 Å². The molecule has 1 atom stereocenters. The summed E-state index contributed by atoms with van der Waals surface area (Å²) in [6, 6.07) is 0.479. The van der Waals surface area contributed by atoms with Gasteiger partial charge in [0.2, 0.25) is 0 Å². The SMILES string of the molecule is CC(C)C[C@](C)(/C=C/CNC(C)C)C(=O)C(C)C. The van der Waals surface area contributed by atoms with Gasteiger partial charge in [0.1, 0.15) is 5.78 Å². The molecule has 0 aliphatic carbocycles. The molecule has 0 saturated carbocycles. The number of ketones is 1. The molecule has 0 aliphatic rings. The van der Waals surface area contributed by atoms with Crippen molar-refractivity contribution in [1.82, 2.24) is 5.32 Å². The maximum atomic E-state index is 12.4. The predicted octanol–water partition coefficient (Wildman–Crippen LogP) is 3.82. The molecule has 0 aliphatic heterocycles. The van der Waals surface area contributed by atoms with Gasteiger partial charge in [0.05, 0.1) is 0 Å². The fourth-order valence-electron chi connectivity index (χ4n) is 2.38. The van der Waals surface area contributed by atoms with E-state index in [0.29, 0.717) is 17.7 Å². The standard InChI is InChI=1S/C16H31NO/c1-12(2)11-16(7,15(18)13(3)4)9-8-10-17-14(5)6/h8-9,12-14,17H,10-11H2,1-7H3/b9-8+/t16-/m0/s1. The van der Waals surface area contributed by atoms with Crippen molar-refractivity contribution in [2.45, 2.75) is 60.9 Å². The van der Waals surface area contributed by atoms with Crippen molar-refractivity contribution in [3.63, 3.8) is 0 Å². The zero-order valence-electron chi connectivity index (χ0n) is 13.2. The van der Waals surface area contributed by atoms with Crippen LogP contribution < -0.4 is 5.32 Å². The molecule has 0 spiro atoms. The summed E-state index contributed by atoms with van der Waals surface area (Å²) in [7, 11) is 0. The van der Waals surface area contributed by atoms with Crippen molar-refractivity contribution in [2.75, 3.05) is 6.54 Å². The highest BCUT2D eigenvalue weighted by atomic mass is 16.1. The molecule has 0 aromatic carbocycles. The second kappa shape index (κ2) is 7.73. The molecule has 0 unspecified atom stereocenters. The summed E-state index contributed by atoms with van der Waals surface area (Å²) in [5.74, 6) is 0.967. The first-order valence-electron chi connectivity index (χ1n) is 7.14. The Labute approximate surface area is 113 Å². The Morgan fingerprint density at radius 1 is 1.17 bits per heavy atom. The second-order valence-electron chi connectivity index (χ2n) is 6.50. The topological polar surface area (TPSA) is 29.1 Å². The molecule has 0 bridgehead atoms. The zero-order valence-corrected chi connectivity index (χ0v) is 13.2. The van der Waals surface area contributed by atoms with Gasteiger partial charge >= 0.3 is 0 Å². The molecule has 0 aromatic heterocycles. The molecule has 1 N–H and O–H groups in total. The van der Waals surface area contributed by atoms with Crippen molar-refractivity contribution >= 4 is 5.78 Å². The lowest BCUT2D eigenvalue weighted by atomic mass is 9.74. The van der Waals surface area contributed by atoms with E-state index in [0.717, 1.165) is 13.0 Å². The molecule has 0 fully saturated rings. The lowest BCUT2D eigenvalue weighted by Crippen LogP contribution is -2.31. The van der Waals surface area contributed by atoms with Crippen LogP contribution in [0.2, 0.25) is 0 Å². The summed E-state index contributed by atoms with van der Waals surface area (Å²) in [6.07, 6.45) is 5.12. The molecular formula is C16H31NO. The molecule has 2 nitrogen and oxygen atoms in total. The fraction of sp³-hybridized carbons (Fsp3) is 0.812. The van der Waals surface area contributed by atoms with Crippen LogP contribution >= 0.6 is 0 Å². The number of Topliss-reactive ketones (excluding diaryl/α,β-unsaturated/α-hetero) is 1. The minimum absolute atomic E-state index is 0.0939. The van der Waals surface area contributed by atoms with Crippen molar-refractivity contribution in [3.8, 4) is 0 Å². The van der Waals surface area contributed by atoms with E-state index in [4.69, 9.17) is 0 Å². The van der Waals surface area contributed by atoms with Gasteiger partial charge in [0, 0.05) is 23.9 Å². The van der Waals surface area contributed by atoms with E-state index in [1.54, 1.807) is 0 Å². The van der Waals surface area contributed by atoms with Crippen LogP contribution in [-0.2, 0) is 4.79 Å². The van der Waals surface area contributed by atoms with E-state index in [1.165, 1.54) is 0 Å². The minimum Gasteiger partial charge on any atom is -0.311 e. The van der Waals surface area contributed by atoms with Crippen LogP contribution in [0.5, 0.6) is 0 Å². The number of hydrogen-bond donors (Lipinski definition) is 1. The van der Waals surface area contributed by atoms with E-state index in [-0.39, 0.29) is 11.3 Å². The number of carbonyl (C=O) groups is 1. The molecule has 0 amide bonds. The number of rotatable bonds is 8. The number of nitrogens with one attached hydrogen (secondary N) is 1. The first-order chi connectivity index (χ1) is 8.19. The van der Waals surface area contributed by atoms with Gasteiger partial charge in [0.15, 0.2) is 0 Å². The van der Waals surface area contributed by atoms with Gasteiger partial charge in [-0.2, -0.15) is 0 Å². The summed E-state index contributed by atoms with van der Waals surface area (Å²) in [4.78, 5) is 12.4. The lowest BCUT2D eigenvalue weighted by molar-refractivity contribution is -0.129. The van der Waals surface area contributed by atoms with Gasteiger partial charge in [0.25, 0.3) is 0 Å². The first kappa shape index (κ1) is 17.4. The summed E-state index contributed by atoms with van der Waals surface area (Å²) in [5.41, 5.74) is -0.318. The van der Waals surface area contributed by atoms with E-state index in [1.807, 2.05) is 13.8 Å². The molecule has 106 valence electrons. The maximum absolute atomic E-state index is 12.4. The molecule has 0 heterocycles. The molecular weight excluding hydrogens is 222 g/mol. The minimum atomic E-state index is -0.318. The van der Waals surface area contributed by atoms with Gasteiger partial charge in [-0.25, -0.2) is 0 Å². The Morgan fingerprint density at radius 2 is 1.72 bits per heavy atom. The monoisotopic (exact) mass is 253 g/mol. The van der Waals surface area contributed by atoms with Crippen molar-refractivity contribution in [2.24, 2.45) is 17.3 Å². The Hall–Kier alpha value is -0.630. The van der Waals surface area contributed by atoms with Crippen molar-refractivity contribution in [1.29, 1.82) is 0 Å². The second-order valence-corrected chi connectivity index (χ2v) is 6.50. The van der Waals surface area contributed by atoms with Crippen molar-refractivity contribution < 1.29 is 4.79 Å². The van der Waals surface area contributed by atoms with Crippen LogP contribution in [0.25, 0.3) is 0 Å². The Morgan fingerprint density at radius 3 is 2.11 bits per heavy atom. The van der Waals surface area contributed by atoms with E-state index in [2.05, 4.69) is 52.1 Å². The number of allylic oxidation sites excluding steroid dienone is 1. The molecule has 0 radical (unpaired) electrons. The first-order valence-corrected chi connectivity index (χ1v) is 7.14. The summed E-state index contributed by atoms with van der Waals surface area (Å²) >= 11 is 0. The zero-order chi connectivity index (χ0) is 14.3. The van der Waals surface area contributed by atoms with Gasteiger partial charge in [-0.3, -0.25) is 4.79 Å². The Bertz CT molecular complexity index is 279. The van der Waals surface area contributed by atoms with Crippen LogP contribution in [0.15, 0.2) is 12.2 Å². The fourth-order valence-corrected chi connectivity index (χ4v) is 2.38. The van der Waals surface area contributed by atoms with Crippen molar-refractivity contribution in [3.05, 3.63) is 12.2 Å². The third kappa shape index (κ3) is 6.34. The van der Waals surface area contributed by atoms with E-state index in [9.17, 15) is 4.79 Å². The van der Waals surface area contributed by atoms with Gasteiger partial charge < -0.3 is 5.32 Å². The quantitative estimate of drug-likeness (QED) is 0.666. The molecule has 0 rings (SSSR count). The lowest BCUT2D eigenvalue weighted by Gasteiger charge is -2.28. The van der Waals surface area contributed by atoms with E-state index >= 15 is 0 Å². The number of hydrogen-bond acceptors (Lipinski definition) is 2. The third-order valence-corrected chi connectivity index (χ3v) is 3.05. The normalized spacial score (nSPS) is 15.9. The van der Waals surface area contributed by atoms with Crippen LogP contribution in [0.4, 0.5) is 0 Å². The largest absolute Gasteiger partial charge is 0.311 e. The predicted molar refractivity (Wildman–Crippen MR) is 79.7 cm³/mol. The molecule has 18 heavy (non-hydrogen) atoms. The van der Waals surface area contributed by atoms with Crippen LogP contribution in [0.1, 0.15) is 54.9 Å². The molecule has 0 saturated heterocycles. The molecule has 0 aromatic rings. The van der Waals surface area contributed by atoms with Crippen LogP contribution in [0, 0.1) is 17.3 Å². The highest BCUT2D eigenvalue weighted by Crippen LogP contribution is 2.31. The van der Waals surface area contributed by atoms with Gasteiger partial charge in [-0.05, 0) is 19.3 Å². The highest BCUT2D eigenvalue weighted by Gasteiger charge is 2.32. The maximum Gasteiger partial charge on any atom is 0.145 e. The van der Waals surface area contributed by atoms with Gasteiger partial charge in [-0.1, -0.05) is 53.7 Å². The average molecular weight is 253 g/mol. The smallest absolute Gasteiger partial charge is 0.145 e. The summed E-state index contributed by atoms with van der Waals surface area (Å²) in [6.45, 7) is 15.5. The van der Waals surface area contributed by atoms with Crippen LogP contribution in [-0.4, -0.2) is 18.4 Å². The third-order valence-electron chi connectivity index (χ3n) is 3.05. The molecule has 2 heteroatoms. The Kier molecular flexibility index (Phi) is 7.46. The summed E-state index contributed by atoms with van der Waals surface area (Å²) in [5, 5.41) is 3.34. The Balaban J connectivity index is 4.72.